The molecule has 2 unspecified atom stereocenters. The van der Waals surface area contributed by atoms with Crippen LogP contribution in [0, 0.1) is 13.8 Å². The van der Waals surface area contributed by atoms with Gasteiger partial charge in [0.1, 0.15) is 6.04 Å². The molecule has 8 heteroatoms. The second-order valence-electron chi connectivity index (χ2n) is 6.91. The zero-order valence-electron chi connectivity index (χ0n) is 14.7. The van der Waals surface area contributed by atoms with Crippen molar-refractivity contribution in [1.29, 1.82) is 0 Å². The SMILES string of the molecule is Cc1nc(-c2ccc(C)c(S(=O)(=O)N3C4CCCC3C(=O)NC4)c2)cs1. The number of benzene rings is 1. The molecule has 2 atom stereocenters. The van der Waals surface area contributed by atoms with Crippen molar-refractivity contribution >= 4 is 27.3 Å². The number of carbonyl (C=O) groups excluding carboxylic acids is 1. The molecule has 0 spiro atoms. The van der Waals surface area contributed by atoms with Crippen LogP contribution in [0.3, 0.4) is 0 Å². The van der Waals surface area contributed by atoms with Crippen LogP contribution in [-0.4, -0.2) is 42.2 Å². The lowest BCUT2D eigenvalue weighted by molar-refractivity contribution is -0.129. The topological polar surface area (TPSA) is 79.4 Å². The summed E-state index contributed by atoms with van der Waals surface area (Å²) in [5.74, 6) is -0.187. The molecule has 0 saturated carbocycles. The fraction of sp³-hybridized carbons (Fsp3) is 0.444. The van der Waals surface area contributed by atoms with E-state index in [1.807, 2.05) is 24.4 Å². The lowest BCUT2D eigenvalue weighted by Crippen LogP contribution is -2.64. The van der Waals surface area contributed by atoms with E-state index < -0.39 is 16.1 Å². The summed E-state index contributed by atoms with van der Waals surface area (Å²) in [7, 11) is -3.76. The van der Waals surface area contributed by atoms with Crippen molar-refractivity contribution in [2.45, 2.75) is 50.1 Å². The number of hydrogen-bond donors (Lipinski definition) is 1. The maximum Gasteiger partial charge on any atom is 0.244 e. The highest BCUT2D eigenvalue weighted by Gasteiger charge is 2.46. The van der Waals surface area contributed by atoms with E-state index >= 15 is 0 Å². The number of thiazole rings is 1. The van der Waals surface area contributed by atoms with Gasteiger partial charge in [-0.2, -0.15) is 4.31 Å². The first-order chi connectivity index (χ1) is 12.4. The first-order valence-electron chi connectivity index (χ1n) is 8.72. The number of hydrogen-bond acceptors (Lipinski definition) is 5. The van der Waals surface area contributed by atoms with E-state index in [0.717, 1.165) is 29.1 Å². The summed E-state index contributed by atoms with van der Waals surface area (Å²) in [5, 5.41) is 5.71. The molecule has 2 saturated heterocycles. The molecule has 2 aliphatic heterocycles. The normalized spacial score (nSPS) is 23.7. The van der Waals surface area contributed by atoms with E-state index in [1.54, 1.807) is 13.0 Å². The summed E-state index contributed by atoms with van der Waals surface area (Å²) < 4.78 is 28.4. The minimum absolute atomic E-state index is 0.166. The number of aryl methyl sites for hydroxylation is 2. The van der Waals surface area contributed by atoms with Crippen LogP contribution in [0.25, 0.3) is 11.3 Å². The summed E-state index contributed by atoms with van der Waals surface area (Å²) in [6.07, 6.45) is 2.23. The molecule has 138 valence electrons. The first kappa shape index (κ1) is 17.6. The van der Waals surface area contributed by atoms with Gasteiger partial charge in [0.05, 0.1) is 15.6 Å². The Hall–Kier alpha value is -1.77. The Morgan fingerprint density at radius 1 is 1.27 bits per heavy atom. The number of piperazine rings is 1. The lowest BCUT2D eigenvalue weighted by atomic mass is 9.95. The van der Waals surface area contributed by atoms with Gasteiger partial charge in [-0.15, -0.1) is 11.3 Å². The van der Waals surface area contributed by atoms with Gasteiger partial charge in [-0.25, -0.2) is 13.4 Å². The Morgan fingerprint density at radius 2 is 2.08 bits per heavy atom. The number of amides is 1. The molecular weight excluding hydrogens is 370 g/mol. The number of rotatable bonds is 3. The molecule has 26 heavy (non-hydrogen) atoms. The maximum absolute atomic E-state index is 13.5. The third-order valence-electron chi connectivity index (χ3n) is 5.15. The van der Waals surface area contributed by atoms with Gasteiger partial charge in [0.2, 0.25) is 15.9 Å². The molecule has 6 nitrogen and oxygen atoms in total. The zero-order chi connectivity index (χ0) is 18.5. The number of aromatic nitrogens is 1. The number of fused-ring (bicyclic) bond motifs is 2. The number of nitrogens with one attached hydrogen (secondary N) is 1. The summed E-state index contributed by atoms with van der Waals surface area (Å²) in [4.78, 5) is 17.0. The minimum Gasteiger partial charge on any atom is -0.353 e. The van der Waals surface area contributed by atoms with Gasteiger partial charge in [-0.1, -0.05) is 12.1 Å². The van der Waals surface area contributed by atoms with Gasteiger partial charge in [0.25, 0.3) is 0 Å². The van der Waals surface area contributed by atoms with Crippen molar-refractivity contribution in [1.82, 2.24) is 14.6 Å². The number of nitrogens with zero attached hydrogens (tertiary/aromatic N) is 2. The van der Waals surface area contributed by atoms with Crippen molar-refractivity contribution in [2.24, 2.45) is 0 Å². The predicted molar refractivity (Wildman–Crippen MR) is 100 cm³/mol. The van der Waals surface area contributed by atoms with Crippen molar-refractivity contribution in [2.75, 3.05) is 6.54 Å². The van der Waals surface area contributed by atoms with Gasteiger partial charge < -0.3 is 5.32 Å². The Bertz CT molecular complexity index is 968. The molecule has 1 aromatic carbocycles. The van der Waals surface area contributed by atoms with Crippen LogP contribution in [0.15, 0.2) is 28.5 Å². The first-order valence-corrected chi connectivity index (χ1v) is 11.0. The molecule has 2 bridgehead atoms. The van der Waals surface area contributed by atoms with Crippen LogP contribution in [0.5, 0.6) is 0 Å². The second-order valence-corrected chi connectivity index (χ2v) is 9.79. The molecule has 1 amide bonds. The number of sulfonamides is 1. The fourth-order valence-corrected chi connectivity index (χ4v) is 6.55. The molecule has 0 aliphatic carbocycles. The van der Waals surface area contributed by atoms with Crippen LogP contribution in [0.4, 0.5) is 0 Å². The van der Waals surface area contributed by atoms with Crippen molar-refractivity contribution in [3.8, 4) is 11.3 Å². The lowest BCUT2D eigenvalue weighted by Gasteiger charge is -2.44. The fourth-order valence-electron chi connectivity index (χ4n) is 3.84. The molecule has 2 fully saturated rings. The van der Waals surface area contributed by atoms with E-state index in [1.165, 1.54) is 15.6 Å². The molecule has 1 N–H and O–H groups in total. The van der Waals surface area contributed by atoms with Gasteiger partial charge >= 0.3 is 0 Å². The minimum atomic E-state index is -3.76. The number of carbonyl (C=O) groups is 1. The van der Waals surface area contributed by atoms with Crippen molar-refractivity contribution in [3.63, 3.8) is 0 Å². The maximum atomic E-state index is 13.5. The van der Waals surface area contributed by atoms with Crippen molar-refractivity contribution in [3.05, 3.63) is 34.2 Å². The quantitative estimate of drug-likeness (QED) is 0.872. The van der Waals surface area contributed by atoms with E-state index in [9.17, 15) is 13.2 Å². The summed E-state index contributed by atoms with van der Waals surface area (Å²) in [6, 6.07) is 4.64. The molecule has 4 rings (SSSR count). The third kappa shape index (κ3) is 2.86. The van der Waals surface area contributed by atoms with E-state index in [-0.39, 0.29) is 16.8 Å². The van der Waals surface area contributed by atoms with Crippen LogP contribution in [-0.2, 0) is 14.8 Å². The molecule has 2 aliphatic rings. The van der Waals surface area contributed by atoms with E-state index in [2.05, 4.69) is 10.3 Å². The highest BCUT2D eigenvalue weighted by atomic mass is 32.2. The molecule has 1 aromatic heterocycles. The van der Waals surface area contributed by atoms with Crippen LogP contribution in [0.1, 0.15) is 29.8 Å². The van der Waals surface area contributed by atoms with E-state index in [4.69, 9.17) is 0 Å². The number of piperidine rings is 1. The van der Waals surface area contributed by atoms with Crippen LogP contribution >= 0.6 is 11.3 Å². The smallest absolute Gasteiger partial charge is 0.244 e. The average molecular weight is 392 g/mol. The monoisotopic (exact) mass is 391 g/mol. The Labute approximate surface area is 157 Å². The molecular formula is C18H21N3O3S2. The summed E-state index contributed by atoms with van der Waals surface area (Å²) in [6.45, 7) is 4.11. The molecule has 2 aromatic rings. The van der Waals surface area contributed by atoms with Gasteiger partial charge in [-0.3, -0.25) is 4.79 Å². The standard InChI is InChI=1S/C18H21N3O3S2/c1-11-6-7-13(15-10-25-12(2)20-15)8-17(11)26(23,24)21-14-4-3-5-16(21)18(22)19-9-14/h6-8,10,14,16H,3-5,9H2,1-2H3,(H,19,22). The molecule has 3 heterocycles. The Kier molecular flexibility index (Phi) is 4.37. The zero-order valence-corrected chi connectivity index (χ0v) is 16.4. The highest BCUT2D eigenvalue weighted by molar-refractivity contribution is 7.89. The van der Waals surface area contributed by atoms with Gasteiger partial charge in [0.15, 0.2) is 0 Å². The molecule has 0 radical (unpaired) electrons. The summed E-state index contributed by atoms with van der Waals surface area (Å²) >= 11 is 1.53. The van der Waals surface area contributed by atoms with E-state index in [0.29, 0.717) is 18.5 Å². The van der Waals surface area contributed by atoms with Crippen LogP contribution in [0.2, 0.25) is 0 Å². The van der Waals surface area contributed by atoms with Gasteiger partial charge in [0, 0.05) is 23.5 Å². The van der Waals surface area contributed by atoms with Gasteiger partial charge in [-0.05, 0) is 44.7 Å². The van der Waals surface area contributed by atoms with Crippen molar-refractivity contribution < 1.29 is 13.2 Å². The summed E-state index contributed by atoms with van der Waals surface area (Å²) in [5.41, 5.74) is 2.25. The Morgan fingerprint density at radius 3 is 2.81 bits per heavy atom. The van der Waals surface area contributed by atoms with Crippen LogP contribution < -0.4 is 5.32 Å². The highest BCUT2D eigenvalue weighted by Crippen LogP contribution is 2.34. The average Bonchev–Trinajstić information content (AvgIpc) is 3.04. The largest absolute Gasteiger partial charge is 0.353 e. The third-order valence-corrected chi connectivity index (χ3v) is 8.03. The predicted octanol–water partition coefficient (Wildman–Crippen LogP) is 2.47. The Balaban J connectivity index is 1.79. The second kappa shape index (κ2) is 6.44.